The molecule has 1 aliphatic rings. The standard InChI is InChI=1S/C27H40N4O2/c1-5-6-17-29-25(28)23-14-10-11-15-24(23)31-27(33)20(3)19(2)16-18-30-26(32)21(4)22-12-8-7-9-13-22/h5-6,10-11,14-15,17,19-22H,1,7-9,12-13,16,18H2,2-4H3,(H2,28,29)(H,30,32)(H,31,33)/b17-6-/t19-,20?,21?/m0/s1. The van der Waals surface area contributed by atoms with E-state index >= 15 is 0 Å². The van der Waals surface area contributed by atoms with Gasteiger partial charge in [0.1, 0.15) is 5.84 Å². The van der Waals surface area contributed by atoms with Gasteiger partial charge < -0.3 is 16.4 Å². The summed E-state index contributed by atoms with van der Waals surface area (Å²) in [5, 5.41) is 6.08. The number of hydrogen-bond donors (Lipinski definition) is 3. The first-order chi connectivity index (χ1) is 15.8. The maximum Gasteiger partial charge on any atom is 0.227 e. The van der Waals surface area contributed by atoms with E-state index in [0.717, 1.165) is 19.3 Å². The van der Waals surface area contributed by atoms with Crippen LogP contribution in [-0.2, 0) is 9.59 Å². The second-order valence-corrected chi connectivity index (χ2v) is 9.16. The highest BCUT2D eigenvalue weighted by Crippen LogP contribution is 2.30. The van der Waals surface area contributed by atoms with Crippen molar-refractivity contribution in [1.82, 2.24) is 5.32 Å². The molecule has 1 aromatic carbocycles. The molecule has 0 radical (unpaired) electrons. The number of hydrogen-bond acceptors (Lipinski definition) is 3. The largest absolute Gasteiger partial charge is 0.383 e. The molecule has 0 spiro atoms. The molecule has 4 N–H and O–H groups in total. The average Bonchev–Trinajstić information content (AvgIpc) is 2.83. The van der Waals surface area contributed by atoms with E-state index in [2.05, 4.69) is 22.2 Å². The van der Waals surface area contributed by atoms with Crippen molar-refractivity contribution in [2.75, 3.05) is 11.9 Å². The van der Waals surface area contributed by atoms with Crippen LogP contribution in [0.4, 0.5) is 5.69 Å². The Labute approximate surface area is 198 Å². The van der Waals surface area contributed by atoms with Crippen LogP contribution < -0.4 is 16.4 Å². The molecule has 6 nitrogen and oxygen atoms in total. The molecule has 33 heavy (non-hydrogen) atoms. The van der Waals surface area contributed by atoms with E-state index in [4.69, 9.17) is 5.73 Å². The summed E-state index contributed by atoms with van der Waals surface area (Å²) in [6, 6.07) is 7.35. The Bertz CT molecular complexity index is 855. The molecule has 2 unspecified atom stereocenters. The quantitative estimate of drug-likeness (QED) is 0.250. The second kappa shape index (κ2) is 13.6. The first-order valence-corrected chi connectivity index (χ1v) is 12.1. The molecule has 2 rings (SSSR count). The lowest BCUT2D eigenvalue weighted by Gasteiger charge is -2.27. The molecule has 0 saturated heterocycles. The van der Waals surface area contributed by atoms with Gasteiger partial charge in [0.2, 0.25) is 11.8 Å². The van der Waals surface area contributed by atoms with E-state index in [1.54, 1.807) is 18.4 Å². The molecule has 180 valence electrons. The molecule has 1 fully saturated rings. The van der Waals surface area contributed by atoms with Crippen molar-refractivity contribution in [2.45, 2.75) is 59.3 Å². The monoisotopic (exact) mass is 452 g/mol. The summed E-state index contributed by atoms with van der Waals surface area (Å²) in [6.07, 6.45) is 11.7. The van der Waals surface area contributed by atoms with Crippen LogP contribution in [0.2, 0.25) is 0 Å². The molecule has 6 heteroatoms. The molecule has 1 aliphatic carbocycles. The minimum Gasteiger partial charge on any atom is -0.383 e. The molecule has 1 saturated carbocycles. The molecule has 0 aromatic heterocycles. The zero-order valence-corrected chi connectivity index (χ0v) is 20.3. The minimum atomic E-state index is -0.218. The molecule has 1 aromatic rings. The molecular weight excluding hydrogens is 412 g/mol. The predicted octanol–water partition coefficient (Wildman–Crippen LogP) is 5.03. The smallest absolute Gasteiger partial charge is 0.227 e. The first kappa shape index (κ1) is 26.4. The van der Waals surface area contributed by atoms with Gasteiger partial charge in [-0.05, 0) is 49.3 Å². The zero-order chi connectivity index (χ0) is 24.2. The minimum absolute atomic E-state index is 0.0614. The summed E-state index contributed by atoms with van der Waals surface area (Å²) in [5.41, 5.74) is 7.39. The summed E-state index contributed by atoms with van der Waals surface area (Å²) in [5.74, 6) is 0.843. The van der Waals surface area contributed by atoms with Gasteiger partial charge in [0.05, 0.1) is 5.69 Å². The van der Waals surface area contributed by atoms with E-state index in [0.29, 0.717) is 29.5 Å². The average molecular weight is 453 g/mol. The van der Waals surface area contributed by atoms with Crippen molar-refractivity contribution in [3.05, 3.63) is 54.8 Å². The van der Waals surface area contributed by atoms with Gasteiger partial charge >= 0.3 is 0 Å². The van der Waals surface area contributed by atoms with Crippen molar-refractivity contribution in [3.63, 3.8) is 0 Å². The fourth-order valence-corrected chi connectivity index (χ4v) is 4.26. The SMILES string of the molecule is C=C/C=C\N=C(N)c1ccccc1NC(=O)C(C)[C@@H](C)CCNC(=O)C(C)C1CCCCC1. The normalized spacial score (nSPS) is 17.8. The Morgan fingerprint density at radius 1 is 1.15 bits per heavy atom. The number of carbonyl (C=O) groups excluding carboxylic acids is 2. The molecule has 2 amide bonds. The number of aliphatic imine (C=N–C) groups is 1. The highest BCUT2D eigenvalue weighted by Gasteiger charge is 2.26. The zero-order valence-electron chi connectivity index (χ0n) is 20.3. The Balaban J connectivity index is 1.87. The van der Waals surface area contributed by atoms with Crippen LogP contribution in [0.15, 0.2) is 54.2 Å². The van der Waals surface area contributed by atoms with Crippen LogP contribution in [0.3, 0.4) is 0 Å². The third-order valence-electron chi connectivity index (χ3n) is 6.83. The Morgan fingerprint density at radius 3 is 2.55 bits per heavy atom. The van der Waals surface area contributed by atoms with Crippen LogP contribution in [0, 0.1) is 23.7 Å². The predicted molar refractivity (Wildman–Crippen MR) is 137 cm³/mol. The molecular formula is C27H40N4O2. The first-order valence-electron chi connectivity index (χ1n) is 12.1. The van der Waals surface area contributed by atoms with E-state index in [9.17, 15) is 9.59 Å². The van der Waals surface area contributed by atoms with Gasteiger partial charge in [-0.1, -0.05) is 64.8 Å². The number of rotatable bonds is 11. The highest BCUT2D eigenvalue weighted by molar-refractivity contribution is 6.06. The molecule has 0 aliphatic heterocycles. The molecule has 0 heterocycles. The van der Waals surface area contributed by atoms with Crippen LogP contribution >= 0.6 is 0 Å². The van der Waals surface area contributed by atoms with Crippen molar-refractivity contribution in [2.24, 2.45) is 34.4 Å². The Hall–Kier alpha value is -2.89. The van der Waals surface area contributed by atoms with Gasteiger partial charge in [-0.3, -0.25) is 9.59 Å². The number of amidine groups is 1. The summed E-state index contributed by atoms with van der Waals surface area (Å²) >= 11 is 0. The van der Waals surface area contributed by atoms with Gasteiger partial charge in [-0.25, -0.2) is 4.99 Å². The van der Waals surface area contributed by atoms with Gasteiger partial charge in [0, 0.05) is 30.1 Å². The van der Waals surface area contributed by atoms with Crippen molar-refractivity contribution in [1.29, 1.82) is 0 Å². The number of allylic oxidation sites excluding steroid dienone is 2. The third kappa shape index (κ3) is 8.19. The van der Waals surface area contributed by atoms with Crippen LogP contribution in [0.5, 0.6) is 0 Å². The maximum absolute atomic E-state index is 12.9. The number of amides is 2. The Kier molecular flexibility index (Phi) is 10.9. The fraction of sp³-hybridized carbons (Fsp3) is 0.519. The van der Waals surface area contributed by atoms with Crippen LogP contribution in [-0.4, -0.2) is 24.2 Å². The summed E-state index contributed by atoms with van der Waals surface area (Å²) in [6.45, 7) is 10.2. The number of nitrogens with one attached hydrogen (secondary N) is 2. The van der Waals surface area contributed by atoms with Crippen LogP contribution in [0.25, 0.3) is 0 Å². The van der Waals surface area contributed by atoms with E-state index in [-0.39, 0.29) is 29.6 Å². The summed E-state index contributed by atoms with van der Waals surface area (Å²) < 4.78 is 0. The van der Waals surface area contributed by atoms with Gasteiger partial charge in [0.25, 0.3) is 0 Å². The van der Waals surface area contributed by atoms with Crippen molar-refractivity contribution >= 4 is 23.3 Å². The number of nitrogens with zero attached hydrogens (tertiary/aromatic N) is 1. The number of anilines is 1. The van der Waals surface area contributed by atoms with Gasteiger partial charge in [0.15, 0.2) is 0 Å². The fourth-order valence-electron chi connectivity index (χ4n) is 4.26. The lowest BCUT2D eigenvalue weighted by Crippen LogP contribution is -2.36. The van der Waals surface area contributed by atoms with E-state index in [1.165, 1.54) is 19.3 Å². The van der Waals surface area contributed by atoms with E-state index < -0.39 is 0 Å². The topological polar surface area (TPSA) is 96.6 Å². The maximum atomic E-state index is 12.9. The lowest BCUT2D eigenvalue weighted by molar-refractivity contribution is -0.126. The summed E-state index contributed by atoms with van der Waals surface area (Å²) in [7, 11) is 0. The highest BCUT2D eigenvalue weighted by atomic mass is 16.2. The number of nitrogens with two attached hydrogens (primary N) is 1. The molecule has 0 bridgehead atoms. The van der Waals surface area contributed by atoms with Crippen molar-refractivity contribution < 1.29 is 9.59 Å². The molecule has 3 atom stereocenters. The Morgan fingerprint density at radius 2 is 1.85 bits per heavy atom. The summed E-state index contributed by atoms with van der Waals surface area (Å²) in [4.78, 5) is 29.6. The van der Waals surface area contributed by atoms with Crippen molar-refractivity contribution in [3.8, 4) is 0 Å². The number of carbonyl (C=O) groups is 2. The number of benzene rings is 1. The van der Waals surface area contributed by atoms with Gasteiger partial charge in [-0.2, -0.15) is 0 Å². The lowest BCUT2D eigenvalue weighted by atomic mass is 9.80. The van der Waals surface area contributed by atoms with Crippen LogP contribution in [0.1, 0.15) is 64.9 Å². The second-order valence-electron chi connectivity index (χ2n) is 9.16. The third-order valence-corrected chi connectivity index (χ3v) is 6.83. The van der Waals surface area contributed by atoms with Gasteiger partial charge in [-0.15, -0.1) is 0 Å². The van der Waals surface area contributed by atoms with E-state index in [1.807, 2.05) is 45.0 Å². The number of para-hydroxylation sites is 1.